The van der Waals surface area contributed by atoms with E-state index in [9.17, 15) is 9.90 Å². The van der Waals surface area contributed by atoms with E-state index in [-0.39, 0.29) is 28.5 Å². The summed E-state index contributed by atoms with van der Waals surface area (Å²) in [6, 6.07) is 4.27. The predicted octanol–water partition coefficient (Wildman–Crippen LogP) is 1.69. The number of phenols is 1. The molecule has 0 aliphatic heterocycles. The van der Waals surface area contributed by atoms with Crippen LogP contribution in [0.2, 0.25) is 0 Å². The minimum atomic E-state index is -0.412. The first-order chi connectivity index (χ1) is 7.13. The van der Waals surface area contributed by atoms with Gasteiger partial charge in [0.2, 0.25) is 0 Å². The summed E-state index contributed by atoms with van der Waals surface area (Å²) in [5.41, 5.74) is 0.158. The van der Waals surface area contributed by atoms with Crippen LogP contribution in [0.15, 0.2) is 12.1 Å². The lowest BCUT2D eigenvalue weighted by Crippen LogP contribution is -2.06. The minimum absolute atomic E-state index is 0.0532. The van der Waals surface area contributed by atoms with Crippen molar-refractivity contribution in [3.8, 4) is 17.6 Å². The zero-order valence-corrected chi connectivity index (χ0v) is 8.71. The summed E-state index contributed by atoms with van der Waals surface area (Å²) in [4.78, 5) is 11.4. The first kappa shape index (κ1) is 11.3. The highest BCUT2D eigenvalue weighted by Crippen LogP contribution is 2.28. The summed E-state index contributed by atoms with van der Waals surface area (Å²) < 4.78 is 4.90. The van der Waals surface area contributed by atoms with Crippen LogP contribution >= 0.6 is 11.6 Å². The molecule has 0 radical (unpaired) electrons. The summed E-state index contributed by atoms with van der Waals surface area (Å²) in [5, 5.41) is 18.1. The van der Waals surface area contributed by atoms with Gasteiger partial charge in [0.1, 0.15) is 17.6 Å². The molecule has 1 N–H and O–H groups in total. The van der Waals surface area contributed by atoms with Crippen LogP contribution in [0.5, 0.6) is 11.5 Å². The number of hydrogen-bond acceptors (Lipinski definition) is 4. The number of nitrogens with zero attached hydrogens (tertiary/aromatic N) is 1. The Morgan fingerprint density at radius 3 is 2.80 bits per heavy atom. The lowest BCUT2D eigenvalue weighted by Gasteiger charge is -2.08. The number of methoxy groups -OCH3 is 1. The molecule has 78 valence electrons. The number of carbonyl (C=O) groups is 1. The second-order valence-corrected chi connectivity index (χ2v) is 3.01. The van der Waals surface area contributed by atoms with Crippen molar-refractivity contribution >= 4 is 17.4 Å². The van der Waals surface area contributed by atoms with E-state index in [1.54, 1.807) is 6.07 Å². The third kappa shape index (κ3) is 2.20. The van der Waals surface area contributed by atoms with E-state index in [2.05, 4.69) is 0 Å². The van der Waals surface area contributed by atoms with E-state index in [1.165, 1.54) is 19.2 Å². The van der Waals surface area contributed by atoms with Gasteiger partial charge < -0.3 is 9.84 Å². The third-order valence-corrected chi connectivity index (χ3v) is 2.07. The van der Waals surface area contributed by atoms with Crippen LogP contribution in [0, 0.1) is 11.3 Å². The van der Waals surface area contributed by atoms with E-state index < -0.39 is 5.78 Å². The number of carbonyl (C=O) groups excluding carboxylic acids is 1. The molecule has 1 rings (SSSR count). The van der Waals surface area contributed by atoms with Crippen molar-refractivity contribution in [3.63, 3.8) is 0 Å². The number of ether oxygens (including phenoxy) is 1. The molecule has 0 heterocycles. The van der Waals surface area contributed by atoms with Crippen molar-refractivity contribution in [3.05, 3.63) is 23.3 Å². The molecule has 0 bridgehead atoms. The van der Waals surface area contributed by atoms with Gasteiger partial charge in [0.25, 0.3) is 0 Å². The minimum Gasteiger partial charge on any atom is -0.508 e. The maximum atomic E-state index is 11.4. The molecule has 0 unspecified atom stereocenters. The highest BCUT2D eigenvalue weighted by atomic mass is 35.5. The van der Waals surface area contributed by atoms with Crippen LogP contribution in [0.4, 0.5) is 0 Å². The molecule has 0 saturated carbocycles. The van der Waals surface area contributed by atoms with Gasteiger partial charge in [0.05, 0.1) is 24.1 Å². The summed E-state index contributed by atoms with van der Waals surface area (Å²) in [5.74, 6) is -0.632. The van der Waals surface area contributed by atoms with Crippen molar-refractivity contribution < 1.29 is 14.6 Å². The normalized spacial score (nSPS) is 9.40. The van der Waals surface area contributed by atoms with E-state index in [4.69, 9.17) is 21.6 Å². The molecule has 1 aromatic carbocycles. The number of ketones is 1. The third-order valence-electron chi connectivity index (χ3n) is 1.83. The molecule has 1 aromatic rings. The van der Waals surface area contributed by atoms with E-state index in [0.29, 0.717) is 0 Å². The Bertz CT molecular complexity index is 437. The standard InChI is InChI=1S/C10H8ClNO3/c1-15-9-3-7(13)2-6(5-12)10(9)8(14)4-11/h2-3,13H,4H2,1H3. The Hall–Kier alpha value is -1.73. The zero-order valence-electron chi connectivity index (χ0n) is 7.95. The summed E-state index contributed by atoms with van der Waals surface area (Å²) in [6.07, 6.45) is 0. The van der Waals surface area contributed by atoms with E-state index in [1.807, 2.05) is 0 Å². The molecule has 0 aliphatic carbocycles. The fraction of sp³-hybridized carbons (Fsp3) is 0.200. The van der Waals surface area contributed by atoms with E-state index >= 15 is 0 Å². The van der Waals surface area contributed by atoms with Crippen LogP contribution in [0.1, 0.15) is 15.9 Å². The molecule has 0 atom stereocenters. The molecule has 15 heavy (non-hydrogen) atoms. The maximum absolute atomic E-state index is 11.4. The van der Waals surface area contributed by atoms with Crippen molar-refractivity contribution in [2.24, 2.45) is 0 Å². The Morgan fingerprint density at radius 1 is 1.67 bits per heavy atom. The lowest BCUT2D eigenvalue weighted by atomic mass is 10.0. The molecule has 0 spiro atoms. The van der Waals surface area contributed by atoms with Gasteiger partial charge in [-0.15, -0.1) is 11.6 Å². The Kier molecular flexibility index (Phi) is 3.53. The average Bonchev–Trinajstić information content (AvgIpc) is 2.26. The second-order valence-electron chi connectivity index (χ2n) is 2.74. The number of phenolic OH excluding ortho intramolecular Hbond substituents is 1. The summed E-state index contributed by atoms with van der Waals surface area (Å²) >= 11 is 5.41. The highest BCUT2D eigenvalue weighted by molar-refractivity contribution is 6.31. The second kappa shape index (κ2) is 4.67. The SMILES string of the molecule is COc1cc(O)cc(C#N)c1C(=O)CCl. The smallest absolute Gasteiger partial charge is 0.182 e. The zero-order chi connectivity index (χ0) is 11.4. The number of halogens is 1. The van der Waals surface area contributed by atoms with Gasteiger partial charge in [0.15, 0.2) is 5.78 Å². The number of Topliss-reactive ketones (excluding diaryl/α,β-unsaturated/α-hetero) is 1. The number of nitriles is 1. The number of aromatic hydroxyl groups is 1. The topological polar surface area (TPSA) is 70.3 Å². The van der Waals surface area contributed by atoms with Gasteiger partial charge in [-0.3, -0.25) is 4.79 Å². The molecular weight excluding hydrogens is 218 g/mol. The van der Waals surface area contributed by atoms with Gasteiger partial charge in [0, 0.05) is 6.07 Å². The Morgan fingerprint density at radius 2 is 2.33 bits per heavy atom. The number of alkyl halides is 1. The van der Waals surface area contributed by atoms with Crippen molar-refractivity contribution in [1.29, 1.82) is 5.26 Å². The van der Waals surface area contributed by atoms with Crippen molar-refractivity contribution in [2.75, 3.05) is 13.0 Å². The van der Waals surface area contributed by atoms with Crippen LogP contribution < -0.4 is 4.74 Å². The van der Waals surface area contributed by atoms with Crippen LogP contribution in [0.25, 0.3) is 0 Å². The molecule has 4 nitrogen and oxygen atoms in total. The fourth-order valence-corrected chi connectivity index (χ4v) is 1.34. The predicted molar refractivity (Wildman–Crippen MR) is 54.4 cm³/mol. The fourth-order valence-electron chi connectivity index (χ4n) is 1.20. The molecule has 0 fully saturated rings. The molecule has 0 amide bonds. The molecule has 0 saturated heterocycles. The lowest BCUT2D eigenvalue weighted by molar-refractivity contribution is 0.101. The maximum Gasteiger partial charge on any atom is 0.182 e. The van der Waals surface area contributed by atoms with Crippen LogP contribution in [-0.4, -0.2) is 23.9 Å². The number of rotatable bonds is 3. The molecule has 0 aromatic heterocycles. The van der Waals surface area contributed by atoms with Crippen molar-refractivity contribution in [1.82, 2.24) is 0 Å². The molecule has 5 heteroatoms. The van der Waals surface area contributed by atoms with Gasteiger partial charge >= 0.3 is 0 Å². The first-order valence-electron chi connectivity index (χ1n) is 4.04. The monoisotopic (exact) mass is 225 g/mol. The largest absolute Gasteiger partial charge is 0.508 e. The van der Waals surface area contributed by atoms with Gasteiger partial charge in [-0.1, -0.05) is 0 Å². The Balaban J connectivity index is 3.45. The van der Waals surface area contributed by atoms with Crippen LogP contribution in [-0.2, 0) is 0 Å². The van der Waals surface area contributed by atoms with Crippen molar-refractivity contribution in [2.45, 2.75) is 0 Å². The van der Waals surface area contributed by atoms with Gasteiger partial charge in [-0.25, -0.2) is 0 Å². The van der Waals surface area contributed by atoms with E-state index in [0.717, 1.165) is 0 Å². The quantitative estimate of drug-likeness (QED) is 0.628. The number of benzene rings is 1. The Labute approximate surface area is 91.7 Å². The van der Waals surface area contributed by atoms with Crippen LogP contribution in [0.3, 0.4) is 0 Å². The summed E-state index contributed by atoms with van der Waals surface area (Å²) in [6.45, 7) is 0. The van der Waals surface area contributed by atoms with Gasteiger partial charge in [-0.2, -0.15) is 5.26 Å². The molecule has 0 aliphatic rings. The first-order valence-corrected chi connectivity index (χ1v) is 4.57. The highest BCUT2D eigenvalue weighted by Gasteiger charge is 2.17. The molecular formula is C10H8ClNO3. The van der Waals surface area contributed by atoms with Gasteiger partial charge in [-0.05, 0) is 6.07 Å². The number of hydrogen-bond donors (Lipinski definition) is 1. The average molecular weight is 226 g/mol. The summed E-state index contributed by atoms with van der Waals surface area (Å²) in [7, 11) is 1.35.